The molecular weight excluding hydrogens is 360 g/mol. The first-order valence-electron chi connectivity index (χ1n) is 8.94. The fourth-order valence-electron chi connectivity index (χ4n) is 2.56. The minimum Gasteiger partial charge on any atom is -0.444 e. The Morgan fingerprint density at radius 3 is 2.36 bits per heavy atom. The molecule has 8 heteroatoms. The Bertz CT molecular complexity index is 812. The molecule has 0 bridgehead atoms. The number of amides is 3. The van der Waals surface area contributed by atoms with Crippen LogP contribution in [0.5, 0.6) is 0 Å². The number of alkyl carbamates (subject to hydrolysis) is 1. The van der Waals surface area contributed by atoms with Crippen LogP contribution in [0.15, 0.2) is 42.9 Å². The fraction of sp³-hybridized carbons (Fsp3) is 0.400. The van der Waals surface area contributed by atoms with Gasteiger partial charge < -0.3 is 15.0 Å². The molecule has 0 saturated heterocycles. The van der Waals surface area contributed by atoms with Gasteiger partial charge in [-0.25, -0.2) is 9.78 Å². The third-order valence-electron chi connectivity index (χ3n) is 3.84. The summed E-state index contributed by atoms with van der Waals surface area (Å²) in [4.78, 5) is 44.2. The van der Waals surface area contributed by atoms with Crippen LogP contribution in [0.25, 0.3) is 0 Å². The van der Waals surface area contributed by atoms with Gasteiger partial charge in [-0.2, -0.15) is 0 Å². The predicted molar refractivity (Wildman–Crippen MR) is 103 cm³/mol. The van der Waals surface area contributed by atoms with Gasteiger partial charge in [-0.1, -0.05) is 30.3 Å². The standard InChI is InChI=1S/C20H26N4O4/c1-19(2,3)28-18(27)24-20(4,11-15-12-21-13-22-15)17(26)23-16(25)10-14-8-6-5-7-9-14/h5-9,12-13H,10-11H2,1-4H3,(H,21,22)(H,24,27)(H,23,25,26). The smallest absolute Gasteiger partial charge is 0.408 e. The van der Waals surface area contributed by atoms with E-state index in [4.69, 9.17) is 4.74 Å². The molecule has 0 spiro atoms. The van der Waals surface area contributed by atoms with Gasteiger partial charge in [0.25, 0.3) is 5.91 Å². The molecule has 0 aliphatic carbocycles. The number of H-pyrrole nitrogens is 1. The molecule has 0 radical (unpaired) electrons. The van der Waals surface area contributed by atoms with Gasteiger partial charge in [0.15, 0.2) is 0 Å². The van der Waals surface area contributed by atoms with Gasteiger partial charge in [-0.15, -0.1) is 0 Å². The Morgan fingerprint density at radius 1 is 1.11 bits per heavy atom. The number of carbonyl (C=O) groups is 3. The van der Waals surface area contributed by atoms with Gasteiger partial charge >= 0.3 is 6.09 Å². The quantitative estimate of drug-likeness (QED) is 0.704. The summed E-state index contributed by atoms with van der Waals surface area (Å²) in [6.07, 6.45) is 2.44. The second-order valence-corrected chi connectivity index (χ2v) is 7.75. The van der Waals surface area contributed by atoms with Gasteiger partial charge in [0.2, 0.25) is 5.91 Å². The lowest BCUT2D eigenvalue weighted by molar-refractivity contribution is -0.134. The van der Waals surface area contributed by atoms with Crippen molar-refractivity contribution in [2.75, 3.05) is 0 Å². The number of hydrogen-bond donors (Lipinski definition) is 3. The van der Waals surface area contributed by atoms with Gasteiger partial charge in [0.05, 0.1) is 12.7 Å². The number of nitrogens with one attached hydrogen (secondary N) is 3. The third kappa shape index (κ3) is 6.53. The van der Waals surface area contributed by atoms with E-state index in [1.165, 1.54) is 13.3 Å². The van der Waals surface area contributed by atoms with Gasteiger partial charge in [-0.05, 0) is 33.3 Å². The van der Waals surface area contributed by atoms with Crippen LogP contribution in [0, 0.1) is 0 Å². The number of ether oxygens (including phenoxy) is 1. The molecule has 3 N–H and O–H groups in total. The van der Waals surface area contributed by atoms with Gasteiger partial charge in [0, 0.05) is 18.3 Å². The van der Waals surface area contributed by atoms with E-state index in [1.54, 1.807) is 39.1 Å². The van der Waals surface area contributed by atoms with Gasteiger partial charge in [-0.3, -0.25) is 14.9 Å². The largest absolute Gasteiger partial charge is 0.444 e. The normalized spacial score (nSPS) is 13.3. The Labute approximate surface area is 164 Å². The van der Waals surface area contributed by atoms with E-state index < -0.39 is 29.0 Å². The molecule has 1 unspecified atom stereocenters. The molecule has 2 aromatic rings. The average Bonchev–Trinajstić information content (AvgIpc) is 3.06. The molecule has 0 aliphatic rings. The van der Waals surface area contributed by atoms with Crippen LogP contribution in [-0.4, -0.2) is 39.0 Å². The van der Waals surface area contributed by atoms with Crippen molar-refractivity contribution in [2.24, 2.45) is 0 Å². The maximum atomic E-state index is 12.9. The van der Waals surface area contributed by atoms with Crippen LogP contribution >= 0.6 is 0 Å². The van der Waals surface area contributed by atoms with E-state index in [-0.39, 0.29) is 12.8 Å². The second-order valence-electron chi connectivity index (χ2n) is 7.75. The summed E-state index contributed by atoms with van der Waals surface area (Å²) in [5.41, 5.74) is -0.729. The molecular formula is C20H26N4O4. The van der Waals surface area contributed by atoms with E-state index in [2.05, 4.69) is 20.6 Å². The zero-order valence-electron chi connectivity index (χ0n) is 16.5. The number of benzene rings is 1. The lowest BCUT2D eigenvalue weighted by atomic mass is 9.94. The molecule has 28 heavy (non-hydrogen) atoms. The van der Waals surface area contributed by atoms with Crippen LogP contribution in [0.2, 0.25) is 0 Å². The third-order valence-corrected chi connectivity index (χ3v) is 3.84. The molecule has 1 heterocycles. The van der Waals surface area contributed by atoms with Crippen molar-refractivity contribution in [3.63, 3.8) is 0 Å². The number of hydrogen-bond acceptors (Lipinski definition) is 5. The molecule has 150 valence electrons. The SMILES string of the molecule is CC(C)(C)OC(=O)NC(C)(Cc1cnc[nH]1)C(=O)NC(=O)Cc1ccccc1. The van der Waals surface area contributed by atoms with Crippen LogP contribution in [0.1, 0.15) is 39.0 Å². The Kier molecular flexibility index (Phi) is 6.56. The van der Waals surface area contributed by atoms with E-state index in [1.807, 2.05) is 18.2 Å². The van der Waals surface area contributed by atoms with E-state index in [9.17, 15) is 14.4 Å². The molecule has 0 fully saturated rings. The van der Waals surface area contributed by atoms with Crippen LogP contribution in [0.3, 0.4) is 0 Å². The summed E-state index contributed by atoms with van der Waals surface area (Å²) in [5, 5.41) is 4.95. The average molecular weight is 386 g/mol. The van der Waals surface area contributed by atoms with E-state index in [0.717, 1.165) is 5.56 Å². The monoisotopic (exact) mass is 386 g/mol. The molecule has 1 atom stereocenters. The Morgan fingerprint density at radius 2 is 1.79 bits per heavy atom. The number of aromatic amines is 1. The molecule has 1 aromatic carbocycles. The highest BCUT2D eigenvalue weighted by Crippen LogP contribution is 2.15. The predicted octanol–water partition coefficient (Wildman–Crippen LogP) is 2.12. The fourth-order valence-corrected chi connectivity index (χ4v) is 2.56. The zero-order chi connectivity index (χ0) is 20.8. The van der Waals surface area contributed by atoms with Gasteiger partial charge in [0.1, 0.15) is 11.1 Å². The molecule has 1 aromatic heterocycles. The van der Waals surface area contributed by atoms with Crippen molar-refractivity contribution in [3.05, 3.63) is 54.1 Å². The summed E-state index contributed by atoms with van der Waals surface area (Å²) in [5.74, 6) is -1.09. The minimum absolute atomic E-state index is 0.0547. The topological polar surface area (TPSA) is 113 Å². The molecule has 2 rings (SSSR count). The highest BCUT2D eigenvalue weighted by molar-refractivity contribution is 6.01. The number of aromatic nitrogens is 2. The number of imide groups is 1. The number of rotatable bonds is 6. The first-order chi connectivity index (χ1) is 13.1. The number of nitrogens with zero attached hydrogens (tertiary/aromatic N) is 1. The summed E-state index contributed by atoms with van der Waals surface area (Å²) in [7, 11) is 0. The highest BCUT2D eigenvalue weighted by Gasteiger charge is 2.38. The first-order valence-corrected chi connectivity index (χ1v) is 8.94. The Hall–Kier alpha value is -3.16. The second kappa shape index (κ2) is 8.69. The van der Waals surface area contributed by atoms with Crippen molar-refractivity contribution in [3.8, 4) is 0 Å². The first kappa shape index (κ1) is 21.1. The zero-order valence-corrected chi connectivity index (χ0v) is 16.5. The molecule has 0 saturated carbocycles. The van der Waals surface area contributed by atoms with E-state index in [0.29, 0.717) is 5.69 Å². The van der Waals surface area contributed by atoms with Crippen molar-refractivity contribution < 1.29 is 19.1 Å². The van der Waals surface area contributed by atoms with Crippen molar-refractivity contribution in [1.82, 2.24) is 20.6 Å². The maximum absolute atomic E-state index is 12.9. The molecule has 3 amide bonds. The van der Waals surface area contributed by atoms with Crippen molar-refractivity contribution >= 4 is 17.9 Å². The van der Waals surface area contributed by atoms with Crippen LogP contribution in [0.4, 0.5) is 4.79 Å². The van der Waals surface area contributed by atoms with Crippen LogP contribution in [-0.2, 0) is 27.2 Å². The number of imidazole rings is 1. The highest BCUT2D eigenvalue weighted by atomic mass is 16.6. The van der Waals surface area contributed by atoms with E-state index >= 15 is 0 Å². The maximum Gasteiger partial charge on any atom is 0.408 e. The molecule has 0 aliphatic heterocycles. The lowest BCUT2D eigenvalue weighted by Crippen LogP contribution is -2.60. The molecule has 8 nitrogen and oxygen atoms in total. The lowest BCUT2D eigenvalue weighted by Gasteiger charge is -2.30. The van der Waals surface area contributed by atoms with Crippen molar-refractivity contribution in [2.45, 2.75) is 51.7 Å². The van der Waals surface area contributed by atoms with Crippen LogP contribution < -0.4 is 10.6 Å². The summed E-state index contributed by atoms with van der Waals surface area (Å²) in [6, 6.07) is 9.08. The Balaban J connectivity index is 2.11. The number of carbonyl (C=O) groups excluding carboxylic acids is 3. The summed E-state index contributed by atoms with van der Waals surface area (Å²) in [6.45, 7) is 6.70. The summed E-state index contributed by atoms with van der Waals surface area (Å²) >= 11 is 0. The van der Waals surface area contributed by atoms with Crippen molar-refractivity contribution in [1.29, 1.82) is 0 Å². The summed E-state index contributed by atoms with van der Waals surface area (Å²) < 4.78 is 5.26. The minimum atomic E-state index is -1.42.